The summed E-state index contributed by atoms with van der Waals surface area (Å²) < 4.78 is 2.95. The fourth-order valence-corrected chi connectivity index (χ4v) is 3.59. The summed E-state index contributed by atoms with van der Waals surface area (Å²) in [5.41, 5.74) is 4.09. The van der Waals surface area contributed by atoms with Crippen molar-refractivity contribution in [2.45, 2.75) is 4.90 Å². The minimum atomic E-state index is -0.284. The molecule has 0 aliphatic carbocycles. The molecule has 2 amide bonds. The van der Waals surface area contributed by atoms with Crippen molar-refractivity contribution in [3.63, 3.8) is 0 Å². The Kier molecular flexibility index (Phi) is 5.36. The first-order valence-electron chi connectivity index (χ1n) is 8.57. The van der Waals surface area contributed by atoms with Gasteiger partial charge in [-0.15, -0.1) is 11.8 Å². The van der Waals surface area contributed by atoms with Gasteiger partial charge in [0.15, 0.2) is 0 Å². The van der Waals surface area contributed by atoms with Gasteiger partial charge in [0.2, 0.25) is 0 Å². The largest absolute Gasteiger partial charge is 0.323 e. The Morgan fingerprint density at radius 3 is 2.57 bits per heavy atom. The molecule has 0 atom stereocenters. The predicted octanol–water partition coefficient (Wildman–Crippen LogP) is 6.13. The van der Waals surface area contributed by atoms with Crippen molar-refractivity contribution in [3.8, 4) is 11.3 Å². The van der Waals surface area contributed by atoms with Gasteiger partial charge < -0.3 is 15.0 Å². The number of anilines is 2. The molecular weight excluding hydrogens is 436 g/mol. The highest BCUT2D eigenvalue weighted by Crippen LogP contribution is 2.24. The lowest BCUT2D eigenvalue weighted by Crippen LogP contribution is -2.19. The molecule has 2 aromatic heterocycles. The fourth-order valence-electron chi connectivity index (χ4n) is 2.83. The molecular formula is C21H17BrN4OS. The van der Waals surface area contributed by atoms with Gasteiger partial charge in [0.25, 0.3) is 0 Å². The summed E-state index contributed by atoms with van der Waals surface area (Å²) in [6.07, 6.45) is 5.94. The number of pyridine rings is 1. The highest BCUT2D eigenvalue weighted by Gasteiger charge is 2.08. The maximum atomic E-state index is 12.3. The van der Waals surface area contributed by atoms with E-state index in [-0.39, 0.29) is 6.03 Å². The van der Waals surface area contributed by atoms with Gasteiger partial charge in [-0.05, 0) is 70.7 Å². The summed E-state index contributed by atoms with van der Waals surface area (Å²) in [6, 6.07) is 19.0. The van der Waals surface area contributed by atoms with Crippen LogP contribution < -0.4 is 10.6 Å². The zero-order valence-corrected chi connectivity index (χ0v) is 17.4. The monoisotopic (exact) mass is 452 g/mol. The van der Waals surface area contributed by atoms with Crippen LogP contribution in [0.3, 0.4) is 0 Å². The molecule has 4 rings (SSSR count). The third kappa shape index (κ3) is 4.21. The van der Waals surface area contributed by atoms with E-state index in [1.807, 2.05) is 83.7 Å². The van der Waals surface area contributed by atoms with Crippen molar-refractivity contribution in [1.29, 1.82) is 0 Å². The van der Waals surface area contributed by atoms with E-state index in [2.05, 4.69) is 31.5 Å². The number of amides is 2. The summed E-state index contributed by atoms with van der Waals surface area (Å²) in [5.74, 6) is 0. The van der Waals surface area contributed by atoms with E-state index in [4.69, 9.17) is 0 Å². The molecule has 0 radical (unpaired) electrons. The van der Waals surface area contributed by atoms with Gasteiger partial charge in [0.05, 0.1) is 5.69 Å². The Morgan fingerprint density at radius 1 is 1.00 bits per heavy atom. The first kappa shape index (κ1) is 18.6. The normalized spacial score (nSPS) is 10.8. The second-order valence-electron chi connectivity index (χ2n) is 6.13. The van der Waals surface area contributed by atoms with Crippen LogP contribution >= 0.6 is 27.7 Å². The molecule has 0 bridgehead atoms. The number of thioether (sulfide) groups is 1. The number of hydrogen-bond donors (Lipinski definition) is 2. The maximum Gasteiger partial charge on any atom is 0.323 e. The number of nitrogens with zero attached hydrogens (tertiary/aromatic N) is 2. The number of carbonyl (C=O) groups is 1. The second-order valence-corrected chi connectivity index (χ2v) is 7.92. The van der Waals surface area contributed by atoms with Crippen LogP contribution in [-0.2, 0) is 0 Å². The number of nitrogens with one attached hydrogen (secondary N) is 2. The van der Waals surface area contributed by atoms with Crippen LogP contribution in [-0.4, -0.2) is 21.7 Å². The Bertz CT molecular complexity index is 1140. The molecule has 0 fully saturated rings. The van der Waals surface area contributed by atoms with Crippen molar-refractivity contribution in [1.82, 2.24) is 9.38 Å². The molecule has 28 heavy (non-hydrogen) atoms. The van der Waals surface area contributed by atoms with Crippen LogP contribution in [0.25, 0.3) is 16.9 Å². The minimum absolute atomic E-state index is 0.284. The number of carbonyl (C=O) groups excluding carboxylic acids is 1. The van der Waals surface area contributed by atoms with Gasteiger partial charge in [-0.1, -0.05) is 12.1 Å². The molecule has 140 valence electrons. The summed E-state index contributed by atoms with van der Waals surface area (Å²) >= 11 is 5.13. The van der Waals surface area contributed by atoms with Crippen LogP contribution in [0.4, 0.5) is 16.2 Å². The van der Waals surface area contributed by atoms with Crippen LogP contribution in [0.5, 0.6) is 0 Å². The molecule has 0 unspecified atom stereocenters. The molecule has 0 saturated carbocycles. The number of hydrogen-bond acceptors (Lipinski definition) is 3. The molecule has 0 spiro atoms. The average Bonchev–Trinajstić information content (AvgIpc) is 3.12. The summed E-state index contributed by atoms with van der Waals surface area (Å²) in [7, 11) is 0. The van der Waals surface area contributed by atoms with Crippen LogP contribution in [0, 0.1) is 0 Å². The summed E-state index contributed by atoms with van der Waals surface area (Å²) in [6.45, 7) is 0. The van der Waals surface area contributed by atoms with E-state index in [9.17, 15) is 4.79 Å². The molecule has 2 N–H and O–H groups in total. The van der Waals surface area contributed by atoms with Gasteiger partial charge in [-0.25, -0.2) is 9.78 Å². The fraction of sp³-hybridized carbons (Fsp3) is 0.0476. The Balaban J connectivity index is 1.50. The van der Waals surface area contributed by atoms with E-state index in [0.717, 1.165) is 32.0 Å². The van der Waals surface area contributed by atoms with E-state index in [1.54, 1.807) is 11.8 Å². The number of fused-ring (bicyclic) bond motifs is 1. The average molecular weight is 453 g/mol. The van der Waals surface area contributed by atoms with Crippen molar-refractivity contribution < 1.29 is 4.79 Å². The van der Waals surface area contributed by atoms with Crippen molar-refractivity contribution >= 4 is 50.7 Å². The Hall–Kier alpha value is -2.77. The highest BCUT2D eigenvalue weighted by atomic mass is 79.9. The highest BCUT2D eigenvalue weighted by molar-refractivity contribution is 9.10. The van der Waals surface area contributed by atoms with Crippen molar-refractivity contribution in [3.05, 3.63) is 77.5 Å². The summed E-state index contributed by atoms with van der Waals surface area (Å²) in [5, 5.41) is 5.72. The van der Waals surface area contributed by atoms with Gasteiger partial charge in [0.1, 0.15) is 5.65 Å². The Morgan fingerprint density at radius 2 is 1.79 bits per heavy atom. The lowest BCUT2D eigenvalue weighted by Gasteiger charge is -2.09. The molecule has 7 heteroatoms. The molecule has 4 aromatic rings. The van der Waals surface area contributed by atoms with Crippen LogP contribution in [0.2, 0.25) is 0 Å². The molecule has 0 aliphatic heterocycles. The first-order valence-corrected chi connectivity index (χ1v) is 10.6. The lowest BCUT2D eigenvalue weighted by atomic mass is 10.1. The lowest BCUT2D eigenvalue weighted by molar-refractivity contribution is 0.262. The number of benzene rings is 2. The molecule has 2 aromatic carbocycles. The predicted molar refractivity (Wildman–Crippen MR) is 119 cm³/mol. The minimum Gasteiger partial charge on any atom is -0.308 e. The third-order valence-electron chi connectivity index (χ3n) is 4.18. The van der Waals surface area contributed by atoms with Gasteiger partial charge in [-0.2, -0.15) is 0 Å². The number of rotatable bonds is 4. The van der Waals surface area contributed by atoms with E-state index in [1.165, 1.54) is 0 Å². The van der Waals surface area contributed by atoms with Gasteiger partial charge in [-0.3, -0.25) is 0 Å². The van der Waals surface area contributed by atoms with Gasteiger partial charge in [0, 0.05) is 38.7 Å². The van der Waals surface area contributed by atoms with E-state index in [0.29, 0.717) is 5.69 Å². The summed E-state index contributed by atoms with van der Waals surface area (Å²) in [4.78, 5) is 18.1. The van der Waals surface area contributed by atoms with Crippen LogP contribution in [0.15, 0.2) is 82.4 Å². The molecule has 2 heterocycles. The van der Waals surface area contributed by atoms with Crippen molar-refractivity contribution in [2.75, 3.05) is 16.9 Å². The van der Waals surface area contributed by atoms with E-state index < -0.39 is 0 Å². The SMILES string of the molecule is CSc1ccc(NC(=O)Nc2cccc(-c3cn4cc(Br)ccc4n3)c2)cc1. The van der Waals surface area contributed by atoms with Crippen molar-refractivity contribution in [2.24, 2.45) is 0 Å². The molecule has 0 saturated heterocycles. The number of imidazole rings is 1. The quantitative estimate of drug-likeness (QED) is 0.366. The molecule has 0 aliphatic rings. The standard InChI is InChI=1S/C21H17BrN4OS/c1-28-18-8-6-16(7-9-18)23-21(27)24-17-4-2-3-14(11-17)19-13-26-12-15(22)5-10-20(26)25-19/h2-13H,1H3,(H2,23,24,27). The van der Waals surface area contributed by atoms with Crippen LogP contribution in [0.1, 0.15) is 0 Å². The zero-order chi connectivity index (χ0) is 19.5. The first-order chi connectivity index (χ1) is 13.6. The Labute approximate surface area is 175 Å². The third-order valence-corrected chi connectivity index (χ3v) is 5.39. The molecule has 5 nitrogen and oxygen atoms in total. The number of aromatic nitrogens is 2. The maximum absolute atomic E-state index is 12.3. The number of halogens is 1. The van der Waals surface area contributed by atoms with Gasteiger partial charge >= 0.3 is 6.03 Å². The van der Waals surface area contributed by atoms with E-state index >= 15 is 0 Å². The second kappa shape index (κ2) is 8.08. The smallest absolute Gasteiger partial charge is 0.308 e. The number of urea groups is 1. The topological polar surface area (TPSA) is 58.4 Å². The zero-order valence-electron chi connectivity index (χ0n) is 15.0.